The predicted molar refractivity (Wildman–Crippen MR) is 162 cm³/mol. The van der Waals surface area contributed by atoms with Gasteiger partial charge in [-0.1, -0.05) is 70.2 Å². The quantitative estimate of drug-likeness (QED) is 0.238. The van der Waals surface area contributed by atoms with Gasteiger partial charge in [-0.2, -0.15) is 0 Å². The fourth-order valence-corrected chi connectivity index (χ4v) is 7.46. The molecule has 188 valence electrons. The van der Waals surface area contributed by atoms with Gasteiger partial charge in [0.15, 0.2) is 0 Å². The van der Waals surface area contributed by atoms with Crippen LogP contribution in [0.4, 0.5) is 0 Å². The van der Waals surface area contributed by atoms with Crippen molar-refractivity contribution in [1.29, 1.82) is 0 Å². The molecule has 0 amide bonds. The topological polar surface area (TPSA) is 12.9 Å². The number of nitrogens with zero attached hydrogens (tertiary/aromatic N) is 1. The molecule has 0 radical (unpaired) electrons. The molecule has 0 saturated heterocycles. The van der Waals surface area contributed by atoms with Gasteiger partial charge < -0.3 is 0 Å². The fourth-order valence-electron chi connectivity index (χ4n) is 6.21. The summed E-state index contributed by atoms with van der Waals surface area (Å²) in [6.45, 7) is 11.7. The number of thiophene rings is 1. The molecule has 0 atom stereocenters. The van der Waals surface area contributed by atoms with E-state index < -0.39 is 0 Å². The van der Waals surface area contributed by atoms with E-state index in [1.165, 1.54) is 79.2 Å². The van der Waals surface area contributed by atoms with Crippen LogP contribution in [0.2, 0.25) is 0 Å². The van der Waals surface area contributed by atoms with Crippen LogP contribution in [0, 0.1) is 12.3 Å². The summed E-state index contributed by atoms with van der Waals surface area (Å²) in [5.74, 6) is 1.17. The van der Waals surface area contributed by atoms with Crippen LogP contribution in [0.1, 0.15) is 81.9 Å². The maximum absolute atomic E-state index is 4.91. The second-order valence-corrected chi connectivity index (χ2v) is 13.2. The van der Waals surface area contributed by atoms with E-state index >= 15 is 0 Å². The van der Waals surface area contributed by atoms with E-state index in [1.807, 2.05) is 17.5 Å². The van der Waals surface area contributed by atoms with E-state index in [0.717, 1.165) is 5.69 Å². The van der Waals surface area contributed by atoms with Crippen LogP contribution in [0.25, 0.3) is 42.6 Å². The number of benzene rings is 3. The molecule has 0 spiro atoms. The lowest BCUT2D eigenvalue weighted by molar-refractivity contribution is 0.224. The van der Waals surface area contributed by atoms with Crippen LogP contribution in [-0.2, 0) is 0 Å². The minimum absolute atomic E-state index is 0.458. The summed E-state index contributed by atoms with van der Waals surface area (Å²) in [5, 5.41) is 3.91. The molecule has 2 heteroatoms. The van der Waals surface area contributed by atoms with E-state index in [2.05, 4.69) is 101 Å². The first-order chi connectivity index (χ1) is 17.8. The molecular weight excluding hydrogens is 466 g/mol. The van der Waals surface area contributed by atoms with Gasteiger partial charge in [-0.05, 0) is 113 Å². The molecule has 1 aliphatic carbocycles. The van der Waals surface area contributed by atoms with Crippen molar-refractivity contribution in [1.82, 2.24) is 4.98 Å². The zero-order valence-electron chi connectivity index (χ0n) is 22.8. The first-order valence-electron chi connectivity index (χ1n) is 13.8. The van der Waals surface area contributed by atoms with E-state index in [9.17, 15) is 0 Å². The first kappa shape index (κ1) is 24.4. The van der Waals surface area contributed by atoms with Gasteiger partial charge in [-0.25, -0.2) is 0 Å². The Morgan fingerprint density at radius 1 is 0.892 bits per heavy atom. The summed E-state index contributed by atoms with van der Waals surface area (Å²) in [7, 11) is 0. The van der Waals surface area contributed by atoms with Crippen molar-refractivity contribution >= 4 is 32.2 Å². The Kier molecular flexibility index (Phi) is 6.19. The van der Waals surface area contributed by atoms with Gasteiger partial charge in [-0.3, -0.25) is 4.98 Å². The van der Waals surface area contributed by atoms with E-state index in [1.54, 1.807) is 0 Å². The largest absolute Gasteiger partial charge is 0.255 e. The zero-order chi connectivity index (χ0) is 25.7. The van der Waals surface area contributed by atoms with Crippen molar-refractivity contribution in [3.63, 3.8) is 0 Å². The third kappa shape index (κ3) is 4.61. The Morgan fingerprint density at radius 3 is 2.43 bits per heavy atom. The highest BCUT2D eigenvalue weighted by atomic mass is 32.1. The van der Waals surface area contributed by atoms with Crippen molar-refractivity contribution in [2.75, 3.05) is 0 Å². The molecule has 3 aromatic carbocycles. The summed E-state index contributed by atoms with van der Waals surface area (Å²) in [6.07, 6.45) is 7.26. The van der Waals surface area contributed by atoms with E-state index in [0.29, 0.717) is 17.3 Å². The number of aryl methyl sites for hydroxylation is 1. The van der Waals surface area contributed by atoms with Gasteiger partial charge in [0.25, 0.3) is 0 Å². The smallest absolute Gasteiger partial charge is 0.0880 e. The zero-order valence-corrected chi connectivity index (χ0v) is 23.6. The van der Waals surface area contributed by atoms with Crippen molar-refractivity contribution in [2.24, 2.45) is 5.41 Å². The highest BCUT2D eigenvalue weighted by molar-refractivity contribution is 7.22. The average molecular weight is 504 g/mol. The molecule has 1 nitrogen and oxygen atoms in total. The normalized spacial score (nSPS) is 16.2. The summed E-state index contributed by atoms with van der Waals surface area (Å²) in [4.78, 5) is 6.25. The Hall–Kier alpha value is -2.97. The lowest BCUT2D eigenvalue weighted by Crippen LogP contribution is -2.20. The molecule has 1 saturated carbocycles. The van der Waals surface area contributed by atoms with Crippen LogP contribution < -0.4 is 0 Å². The van der Waals surface area contributed by atoms with Crippen LogP contribution >= 0.6 is 11.3 Å². The van der Waals surface area contributed by atoms with Crippen LogP contribution in [-0.4, -0.2) is 4.98 Å². The lowest BCUT2D eigenvalue weighted by Gasteiger charge is -2.34. The minimum atomic E-state index is 0.458. The van der Waals surface area contributed by atoms with Crippen molar-refractivity contribution < 1.29 is 0 Å². The van der Waals surface area contributed by atoms with Crippen LogP contribution in [0.15, 0.2) is 72.9 Å². The molecule has 0 unspecified atom stereocenters. The molecule has 5 aromatic rings. The van der Waals surface area contributed by atoms with Crippen LogP contribution in [0.5, 0.6) is 0 Å². The number of pyridine rings is 1. The molecule has 1 fully saturated rings. The Balaban J connectivity index is 1.39. The monoisotopic (exact) mass is 503 g/mol. The SMILES string of the molecule is Cc1cc(C2CCC(C)(C)CC2)ccc1-c1cc2ccnc(-c3cc(C(C)C)c4ccccc4c3)c2s1. The standard InChI is InChI=1S/C35H37NS/c1-22(2)31-20-28(19-26-8-6-7-9-30(26)31)33-34-27(14-17-36-33)21-32(37-34)29-11-10-25(18-23(29)3)24-12-15-35(4,5)16-13-24/h6-11,14,17-22,24H,12-13,15-16H2,1-5H3. The third-order valence-corrected chi connectivity index (χ3v) is 9.74. The van der Waals surface area contributed by atoms with Crippen molar-refractivity contribution in [3.8, 4) is 21.7 Å². The van der Waals surface area contributed by atoms with Gasteiger partial charge >= 0.3 is 0 Å². The second kappa shape index (κ2) is 9.40. The fraction of sp³-hybridized carbons (Fsp3) is 0.343. The Labute approximate surface area is 225 Å². The molecule has 2 heterocycles. The molecule has 0 bridgehead atoms. The molecule has 0 aliphatic heterocycles. The summed E-state index contributed by atoms with van der Waals surface area (Å²) in [5.41, 5.74) is 8.48. The third-order valence-electron chi connectivity index (χ3n) is 8.55. The van der Waals surface area contributed by atoms with E-state index in [4.69, 9.17) is 4.98 Å². The summed E-state index contributed by atoms with van der Waals surface area (Å²) >= 11 is 1.88. The molecular formula is C35H37NS. The van der Waals surface area contributed by atoms with Gasteiger partial charge in [0.05, 0.1) is 10.4 Å². The maximum atomic E-state index is 4.91. The van der Waals surface area contributed by atoms with Gasteiger partial charge in [-0.15, -0.1) is 11.3 Å². The maximum Gasteiger partial charge on any atom is 0.0880 e. The molecule has 0 N–H and O–H groups in total. The number of hydrogen-bond acceptors (Lipinski definition) is 2. The van der Waals surface area contributed by atoms with Gasteiger partial charge in [0, 0.05) is 16.6 Å². The average Bonchev–Trinajstić information content (AvgIpc) is 3.32. The highest BCUT2D eigenvalue weighted by Crippen LogP contribution is 2.44. The van der Waals surface area contributed by atoms with Gasteiger partial charge in [0.2, 0.25) is 0 Å². The second-order valence-electron chi connectivity index (χ2n) is 12.1. The molecule has 1 aliphatic rings. The summed E-state index contributed by atoms with van der Waals surface area (Å²) in [6, 6.07) is 25.2. The number of rotatable bonds is 4. The number of hydrogen-bond donors (Lipinski definition) is 0. The van der Waals surface area contributed by atoms with Crippen molar-refractivity contribution in [2.45, 2.75) is 72.1 Å². The van der Waals surface area contributed by atoms with Crippen molar-refractivity contribution in [3.05, 3.63) is 89.6 Å². The minimum Gasteiger partial charge on any atom is -0.255 e. The van der Waals surface area contributed by atoms with E-state index in [-0.39, 0.29) is 0 Å². The van der Waals surface area contributed by atoms with Gasteiger partial charge in [0.1, 0.15) is 0 Å². The molecule has 6 rings (SSSR count). The predicted octanol–water partition coefficient (Wildman–Crippen LogP) is 10.9. The number of fused-ring (bicyclic) bond motifs is 2. The molecule has 37 heavy (non-hydrogen) atoms. The summed E-state index contributed by atoms with van der Waals surface area (Å²) < 4.78 is 1.28. The van der Waals surface area contributed by atoms with Crippen LogP contribution in [0.3, 0.4) is 0 Å². The highest BCUT2D eigenvalue weighted by Gasteiger charge is 2.27. The lowest BCUT2D eigenvalue weighted by atomic mass is 9.71. The first-order valence-corrected chi connectivity index (χ1v) is 14.6. The number of aromatic nitrogens is 1. The Morgan fingerprint density at radius 2 is 1.68 bits per heavy atom. The Bertz CT molecular complexity index is 1590. The molecule has 2 aromatic heterocycles.